The number of carbonyl (C=O) groups excluding carboxylic acids is 1. The monoisotopic (exact) mass is 538 g/mol. The number of fused-ring (bicyclic) bond motifs is 3. The molecule has 6 nitrogen and oxygen atoms in total. The summed E-state index contributed by atoms with van der Waals surface area (Å²) in [7, 11) is 0. The van der Waals surface area contributed by atoms with Crippen LogP contribution < -0.4 is 15.3 Å². The fraction of sp³-hybridized carbons (Fsp3) is 0.433. The van der Waals surface area contributed by atoms with Crippen LogP contribution in [0.5, 0.6) is 5.75 Å². The van der Waals surface area contributed by atoms with Gasteiger partial charge in [0.2, 0.25) is 0 Å². The Morgan fingerprint density at radius 2 is 1.89 bits per heavy atom. The quantitative estimate of drug-likeness (QED) is 0.564. The number of aromatic nitrogens is 1. The van der Waals surface area contributed by atoms with Crippen LogP contribution in [-0.4, -0.2) is 47.2 Å². The van der Waals surface area contributed by atoms with E-state index in [-0.39, 0.29) is 29.3 Å². The zero-order valence-corrected chi connectivity index (χ0v) is 22.2. The maximum Gasteiger partial charge on any atom is 0.416 e. The first-order chi connectivity index (χ1) is 18.5. The van der Waals surface area contributed by atoms with Crippen LogP contribution in [0.15, 0.2) is 47.7 Å². The number of rotatable bonds is 4. The third-order valence-corrected chi connectivity index (χ3v) is 8.41. The second kappa shape index (κ2) is 10.6. The molecule has 200 valence electrons. The Balaban J connectivity index is 1.34. The van der Waals surface area contributed by atoms with Crippen LogP contribution >= 0.6 is 11.6 Å². The average Bonchev–Trinajstić information content (AvgIpc) is 3.28. The van der Waals surface area contributed by atoms with E-state index in [1.807, 2.05) is 6.08 Å². The summed E-state index contributed by atoms with van der Waals surface area (Å²) in [6.07, 6.45) is 12.2. The molecular weight excluding hydrogens is 507 g/mol. The van der Waals surface area contributed by atoms with Gasteiger partial charge in [-0.3, -0.25) is 4.90 Å². The van der Waals surface area contributed by atoms with E-state index < -0.39 is 6.09 Å². The number of hydrogen-bond donors (Lipinski definition) is 1. The lowest BCUT2D eigenvalue weighted by Crippen LogP contribution is -2.43. The van der Waals surface area contributed by atoms with E-state index in [1.165, 1.54) is 29.8 Å². The van der Waals surface area contributed by atoms with E-state index >= 15 is 0 Å². The van der Waals surface area contributed by atoms with E-state index in [0.717, 1.165) is 66.5 Å². The van der Waals surface area contributed by atoms with Crippen molar-refractivity contribution in [1.29, 1.82) is 0 Å². The van der Waals surface area contributed by atoms with Crippen molar-refractivity contribution < 1.29 is 23.4 Å². The average molecular weight is 539 g/mol. The molecule has 1 N–H and O–H groups in total. The third-order valence-electron chi connectivity index (χ3n) is 7.89. The van der Waals surface area contributed by atoms with Gasteiger partial charge in [0.1, 0.15) is 17.7 Å². The first-order valence-electron chi connectivity index (χ1n) is 13.4. The summed E-state index contributed by atoms with van der Waals surface area (Å²) < 4.78 is 30.8. The molecule has 38 heavy (non-hydrogen) atoms. The second-order valence-electron chi connectivity index (χ2n) is 10.5. The van der Waals surface area contributed by atoms with Crippen molar-refractivity contribution >= 4 is 29.8 Å². The molecule has 1 aromatic carbocycles. The fourth-order valence-electron chi connectivity index (χ4n) is 5.82. The molecule has 8 heteroatoms. The molecule has 3 heterocycles. The van der Waals surface area contributed by atoms with Gasteiger partial charge in [-0.2, -0.15) is 0 Å². The normalized spacial score (nSPS) is 25.2. The SMILES string of the molecule is CC1C=c2[nH]c3c(c2=CC1Cl)CCN(C(=O)Oc1ccc(F)cc1)[C@H]3C1=CC=C(OC2CCOCC2)CC1. The molecular formula is C30H32ClFN2O4. The highest BCUT2D eigenvalue weighted by atomic mass is 35.5. The highest BCUT2D eigenvalue weighted by Crippen LogP contribution is 2.38. The van der Waals surface area contributed by atoms with Crippen LogP contribution in [-0.2, 0) is 15.9 Å². The Morgan fingerprint density at radius 3 is 2.63 bits per heavy atom. The van der Waals surface area contributed by atoms with Gasteiger partial charge in [-0.1, -0.05) is 25.2 Å². The van der Waals surface area contributed by atoms with E-state index in [0.29, 0.717) is 18.7 Å². The number of ether oxygens (including phenoxy) is 3. The summed E-state index contributed by atoms with van der Waals surface area (Å²) in [5, 5.41) is 2.14. The molecule has 1 amide bonds. The smallest absolute Gasteiger partial charge is 0.416 e. The zero-order chi connectivity index (χ0) is 26.2. The first kappa shape index (κ1) is 25.3. The fourth-order valence-corrected chi connectivity index (χ4v) is 6.01. The summed E-state index contributed by atoms with van der Waals surface area (Å²) in [6, 6.07) is 5.22. The number of nitrogens with zero attached hydrogens (tertiary/aromatic N) is 1. The van der Waals surface area contributed by atoms with Crippen molar-refractivity contribution in [2.45, 2.75) is 56.6 Å². The number of allylic oxidation sites excluding steroid dienone is 3. The van der Waals surface area contributed by atoms with Crippen LogP contribution in [0.2, 0.25) is 0 Å². The number of amides is 1. The topological polar surface area (TPSA) is 63.8 Å². The maximum absolute atomic E-state index is 13.5. The van der Waals surface area contributed by atoms with Crippen LogP contribution in [0.3, 0.4) is 0 Å². The molecule has 6 rings (SSSR count). The highest BCUT2D eigenvalue weighted by molar-refractivity contribution is 6.24. The van der Waals surface area contributed by atoms with Crippen molar-refractivity contribution in [1.82, 2.24) is 9.88 Å². The van der Waals surface area contributed by atoms with E-state index in [2.05, 4.69) is 30.1 Å². The van der Waals surface area contributed by atoms with Gasteiger partial charge in [-0.05, 0) is 60.2 Å². The molecule has 2 aliphatic heterocycles. The summed E-state index contributed by atoms with van der Waals surface area (Å²) in [6.45, 7) is 4.09. The molecule has 0 bridgehead atoms. The van der Waals surface area contributed by atoms with Crippen molar-refractivity contribution in [3.8, 4) is 5.75 Å². The minimum absolute atomic E-state index is 0.0657. The van der Waals surface area contributed by atoms with Gasteiger partial charge >= 0.3 is 6.09 Å². The third kappa shape index (κ3) is 5.02. The zero-order valence-electron chi connectivity index (χ0n) is 21.4. The van der Waals surface area contributed by atoms with Crippen LogP contribution in [0.25, 0.3) is 12.2 Å². The number of alkyl halides is 1. The van der Waals surface area contributed by atoms with E-state index in [4.69, 9.17) is 25.8 Å². The predicted octanol–water partition coefficient (Wildman–Crippen LogP) is 4.87. The largest absolute Gasteiger partial charge is 0.495 e. The first-order valence-corrected chi connectivity index (χ1v) is 13.9. The van der Waals surface area contributed by atoms with Crippen LogP contribution in [0, 0.1) is 11.7 Å². The standard InChI is InChI=1S/C30H32ClFN2O4/c1-18-16-27-25(17-26(18)31)24-10-13-34(30(35)38-22-8-4-20(32)5-9-22)29(28(24)33-27)19-2-6-21(7-3-19)37-23-11-14-36-15-12-23/h2,4-6,8-9,16-18,23,26,29,33H,3,7,10-15H2,1H3/t18?,26?,29-/m0/s1. The maximum atomic E-state index is 13.5. The Bertz CT molecular complexity index is 1390. The summed E-state index contributed by atoms with van der Waals surface area (Å²) >= 11 is 6.60. The molecule has 1 saturated heterocycles. The van der Waals surface area contributed by atoms with Crippen molar-refractivity contribution in [2.75, 3.05) is 19.8 Å². The number of benzene rings is 1. The van der Waals surface area contributed by atoms with Gasteiger partial charge in [-0.25, -0.2) is 9.18 Å². The molecule has 2 aliphatic carbocycles. The Morgan fingerprint density at radius 1 is 1.11 bits per heavy atom. The lowest BCUT2D eigenvalue weighted by Gasteiger charge is -2.37. The second-order valence-corrected chi connectivity index (χ2v) is 11.0. The summed E-state index contributed by atoms with van der Waals surface area (Å²) in [5.74, 6) is 1.13. The number of aromatic amines is 1. The molecule has 1 fully saturated rings. The van der Waals surface area contributed by atoms with Crippen molar-refractivity contribution in [3.63, 3.8) is 0 Å². The van der Waals surface area contributed by atoms with Gasteiger partial charge in [0, 0.05) is 42.1 Å². The van der Waals surface area contributed by atoms with E-state index in [1.54, 1.807) is 4.90 Å². The van der Waals surface area contributed by atoms with Crippen LogP contribution in [0.1, 0.15) is 49.9 Å². The number of hydrogen-bond acceptors (Lipinski definition) is 4. The van der Waals surface area contributed by atoms with Crippen molar-refractivity contribution in [2.24, 2.45) is 5.92 Å². The Labute approximate surface area is 226 Å². The molecule has 2 unspecified atom stereocenters. The van der Waals surface area contributed by atoms with Gasteiger partial charge in [0.25, 0.3) is 0 Å². The minimum Gasteiger partial charge on any atom is -0.495 e. The number of H-pyrrole nitrogens is 1. The molecule has 2 aromatic rings. The Hall–Kier alpha value is -3.03. The van der Waals surface area contributed by atoms with E-state index in [9.17, 15) is 9.18 Å². The number of halogens is 2. The number of carbonyl (C=O) groups is 1. The minimum atomic E-state index is -0.453. The summed E-state index contributed by atoms with van der Waals surface area (Å²) in [4.78, 5) is 18.9. The molecule has 0 saturated carbocycles. The Kier molecular flexibility index (Phi) is 7.06. The summed E-state index contributed by atoms with van der Waals surface area (Å²) in [5.41, 5.74) is 3.34. The molecule has 0 spiro atoms. The highest BCUT2D eigenvalue weighted by Gasteiger charge is 2.37. The lowest BCUT2D eigenvalue weighted by molar-refractivity contribution is -0.00633. The van der Waals surface area contributed by atoms with Crippen LogP contribution in [0.4, 0.5) is 9.18 Å². The molecule has 4 aliphatic rings. The molecule has 3 atom stereocenters. The van der Waals surface area contributed by atoms with Gasteiger partial charge in [0.05, 0.1) is 30.4 Å². The molecule has 1 aromatic heterocycles. The number of nitrogens with one attached hydrogen (secondary N) is 1. The van der Waals surface area contributed by atoms with Gasteiger partial charge < -0.3 is 19.2 Å². The van der Waals surface area contributed by atoms with Crippen molar-refractivity contribution in [3.05, 3.63) is 75.4 Å². The molecule has 0 radical (unpaired) electrons. The van der Waals surface area contributed by atoms with Gasteiger partial charge in [-0.15, -0.1) is 11.6 Å². The van der Waals surface area contributed by atoms with Gasteiger partial charge in [0.15, 0.2) is 0 Å². The lowest BCUT2D eigenvalue weighted by atomic mass is 9.88. The predicted molar refractivity (Wildman–Crippen MR) is 144 cm³/mol.